The van der Waals surface area contributed by atoms with Crippen LogP contribution in [0, 0.1) is 6.92 Å². The molecule has 0 aliphatic carbocycles. The first-order chi connectivity index (χ1) is 9.66. The zero-order chi connectivity index (χ0) is 14.1. The van der Waals surface area contributed by atoms with E-state index in [0.29, 0.717) is 0 Å². The molecule has 0 aliphatic rings. The summed E-state index contributed by atoms with van der Waals surface area (Å²) in [4.78, 5) is 4.74. The second-order valence-corrected chi connectivity index (χ2v) is 5.94. The number of imidazole rings is 1. The zero-order valence-electron chi connectivity index (χ0n) is 12.1. The number of thiophene rings is 1. The van der Waals surface area contributed by atoms with Gasteiger partial charge < -0.3 is 9.88 Å². The van der Waals surface area contributed by atoms with Gasteiger partial charge in [-0.1, -0.05) is 12.1 Å². The van der Waals surface area contributed by atoms with Crippen molar-refractivity contribution in [1.82, 2.24) is 14.9 Å². The number of rotatable bonds is 4. The lowest BCUT2D eigenvalue weighted by atomic mass is 10.2. The molecule has 0 amide bonds. The number of nitrogens with zero attached hydrogens (tertiary/aromatic N) is 2. The van der Waals surface area contributed by atoms with Crippen LogP contribution >= 0.6 is 11.3 Å². The van der Waals surface area contributed by atoms with E-state index in [9.17, 15) is 0 Å². The van der Waals surface area contributed by atoms with E-state index in [0.717, 1.165) is 17.9 Å². The van der Waals surface area contributed by atoms with Gasteiger partial charge in [0, 0.05) is 13.6 Å². The molecule has 20 heavy (non-hydrogen) atoms. The Morgan fingerprint density at radius 3 is 2.80 bits per heavy atom. The Hall–Kier alpha value is -1.65. The van der Waals surface area contributed by atoms with Crippen LogP contribution in [-0.2, 0) is 13.6 Å². The van der Waals surface area contributed by atoms with Gasteiger partial charge in [-0.15, -0.1) is 0 Å². The standard InChI is InChI=1S/C16H19N3S/c1-11-9-20-10-13(11)8-17-12(2)16-18-14-6-4-5-7-15(14)19(16)3/h4-7,9-10,12,17H,8H2,1-3H3. The van der Waals surface area contributed by atoms with E-state index in [1.54, 1.807) is 11.3 Å². The summed E-state index contributed by atoms with van der Waals surface area (Å²) < 4.78 is 2.17. The minimum atomic E-state index is 0.228. The van der Waals surface area contributed by atoms with Gasteiger partial charge in [0.25, 0.3) is 0 Å². The fourth-order valence-corrected chi connectivity index (χ4v) is 3.33. The van der Waals surface area contributed by atoms with Crippen LogP contribution in [-0.4, -0.2) is 9.55 Å². The highest BCUT2D eigenvalue weighted by molar-refractivity contribution is 7.08. The van der Waals surface area contributed by atoms with E-state index >= 15 is 0 Å². The first-order valence-corrected chi connectivity index (χ1v) is 7.77. The van der Waals surface area contributed by atoms with Gasteiger partial charge in [-0.25, -0.2) is 4.98 Å². The molecule has 0 bridgehead atoms. The normalized spacial score (nSPS) is 12.9. The molecule has 3 aromatic rings. The van der Waals surface area contributed by atoms with Crippen LogP contribution in [0.1, 0.15) is 29.9 Å². The van der Waals surface area contributed by atoms with Crippen LogP contribution in [0.3, 0.4) is 0 Å². The molecule has 1 unspecified atom stereocenters. The molecule has 0 fully saturated rings. The predicted molar refractivity (Wildman–Crippen MR) is 85.0 cm³/mol. The smallest absolute Gasteiger partial charge is 0.126 e. The highest BCUT2D eigenvalue weighted by Gasteiger charge is 2.14. The summed E-state index contributed by atoms with van der Waals surface area (Å²) in [6, 6.07) is 8.49. The zero-order valence-corrected chi connectivity index (χ0v) is 12.9. The fourth-order valence-electron chi connectivity index (χ4n) is 2.47. The molecule has 1 N–H and O–H groups in total. The Labute approximate surface area is 123 Å². The summed E-state index contributed by atoms with van der Waals surface area (Å²) in [5.41, 5.74) is 4.98. The van der Waals surface area contributed by atoms with Gasteiger partial charge in [-0.3, -0.25) is 0 Å². The SMILES string of the molecule is Cc1cscc1CNC(C)c1nc2ccccc2n1C. The molecule has 2 heterocycles. The summed E-state index contributed by atoms with van der Waals surface area (Å²) in [5, 5.41) is 7.97. The number of fused-ring (bicyclic) bond motifs is 1. The largest absolute Gasteiger partial charge is 0.330 e. The van der Waals surface area contributed by atoms with Gasteiger partial charge in [0.05, 0.1) is 17.1 Å². The van der Waals surface area contributed by atoms with E-state index < -0.39 is 0 Å². The van der Waals surface area contributed by atoms with E-state index in [1.165, 1.54) is 16.6 Å². The third kappa shape index (κ3) is 2.37. The first-order valence-electron chi connectivity index (χ1n) is 6.83. The molecule has 0 aliphatic heterocycles. The van der Waals surface area contributed by atoms with Crippen molar-refractivity contribution < 1.29 is 0 Å². The minimum absolute atomic E-state index is 0.228. The number of aromatic nitrogens is 2. The molecule has 1 atom stereocenters. The second-order valence-electron chi connectivity index (χ2n) is 5.20. The van der Waals surface area contributed by atoms with Crippen LogP contribution in [0.15, 0.2) is 35.0 Å². The Bertz CT molecular complexity index is 726. The van der Waals surface area contributed by atoms with Gasteiger partial charge in [0.15, 0.2) is 0 Å². The number of hydrogen-bond donors (Lipinski definition) is 1. The molecule has 0 spiro atoms. The third-order valence-electron chi connectivity index (χ3n) is 3.77. The van der Waals surface area contributed by atoms with Crippen molar-refractivity contribution in [3.63, 3.8) is 0 Å². The van der Waals surface area contributed by atoms with Crippen molar-refractivity contribution in [2.75, 3.05) is 0 Å². The van der Waals surface area contributed by atoms with Gasteiger partial charge in [-0.05, 0) is 47.9 Å². The summed E-state index contributed by atoms with van der Waals surface area (Å²) in [7, 11) is 2.08. The van der Waals surface area contributed by atoms with Crippen molar-refractivity contribution in [2.24, 2.45) is 7.05 Å². The first kappa shape index (κ1) is 13.3. The van der Waals surface area contributed by atoms with Crippen molar-refractivity contribution in [1.29, 1.82) is 0 Å². The van der Waals surface area contributed by atoms with Crippen LogP contribution in [0.25, 0.3) is 11.0 Å². The molecular weight excluding hydrogens is 266 g/mol. The number of benzene rings is 1. The van der Waals surface area contributed by atoms with Crippen molar-refractivity contribution >= 4 is 22.4 Å². The van der Waals surface area contributed by atoms with Crippen LogP contribution < -0.4 is 5.32 Å². The van der Waals surface area contributed by atoms with E-state index in [2.05, 4.69) is 59.7 Å². The number of nitrogens with one attached hydrogen (secondary N) is 1. The maximum Gasteiger partial charge on any atom is 0.126 e. The van der Waals surface area contributed by atoms with E-state index in [4.69, 9.17) is 4.98 Å². The van der Waals surface area contributed by atoms with E-state index in [1.807, 2.05) is 6.07 Å². The fraction of sp³-hybridized carbons (Fsp3) is 0.312. The van der Waals surface area contributed by atoms with Crippen LogP contribution in [0.2, 0.25) is 0 Å². The lowest BCUT2D eigenvalue weighted by molar-refractivity contribution is 0.533. The Kier molecular flexibility index (Phi) is 3.59. The molecule has 0 saturated carbocycles. The van der Waals surface area contributed by atoms with Gasteiger partial charge in [0.2, 0.25) is 0 Å². The lowest BCUT2D eigenvalue weighted by Gasteiger charge is -2.13. The molecule has 0 saturated heterocycles. The minimum Gasteiger partial charge on any atom is -0.330 e. The maximum atomic E-state index is 4.74. The molecule has 1 aromatic carbocycles. The number of para-hydroxylation sites is 2. The quantitative estimate of drug-likeness (QED) is 0.790. The monoisotopic (exact) mass is 285 g/mol. The van der Waals surface area contributed by atoms with Crippen LogP contribution in [0.5, 0.6) is 0 Å². The summed E-state index contributed by atoms with van der Waals surface area (Å²) in [6.07, 6.45) is 0. The maximum absolute atomic E-state index is 4.74. The molecule has 2 aromatic heterocycles. The predicted octanol–water partition coefficient (Wildman–Crippen LogP) is 3.79. The highest BCUT2D eigenvalue weighted by atomic mass is 32.1. The van der Waals surface area contributed by atoms with Crippen LogP contribution in [0.4, 0.5) is 0 Å². The molecule has 104 valence electrons. The molecular formula is C16H19N3S. The molecule has 3 rings (SSSR count). The Morgan fingerprint density at radius 1 is 1.30 bits per heavy atom. The molecule has 0 radical (unpaired) electrons. The third-order valence-corrected chi connectivity index (χ3v) is 4.68. The summed E-state index contributed by atoms with van der Waals surface area (Å²) >= 11 is 1.76. The summed E-state index contributed by atoms with van der Waals surface area (Å²) in [5.74, 6) is 1.08. The lowest BCUT2D eigenvalue weighted by Crippen LogP contribution is -2.21. The highest BCUT2D eigenvalue weighted by Crippen LogP contribution is 2.20. The second kappa shape index (κ2) is 5.38. The summed E-state index contributed by atoms with van der Waals surface area (Å²) in [6.45, 7) is 5.22. The number of aryl methyl sites for hydroxylation is 2. The van der Waals surface area contributed by atoms with Crippen molar-refractivity contribution in [2.45, 2.75) is 26.4 Å². The molecule has 4 heteroatoms. The van der Waals surface area contributed by atoms with Gasteiger partial charge in [-0.2, -0.15) is 11.3 Å². The van der Waals surface area contributed by atoms with Gasteiger partial charge in [0.1, 0.15) is 5.82 Å². The van der Waals surface area contributed by atoms with E-state index in [-0.39, 0.29) is 6.04 Å². The average Bonchev–Trinajstić information content (AvgIpc) is 3.01. The molecule has 3 nitrogen and oxygen atoms in total. The Balaban J connectivity index is 1.80. The number of hydrogen-bond acceptors (Lipinski definition) is 3. The van der Waals surface area contributed by atoms with Crippen molar-refractivity contribution in [3.8, 4) is 0 Å². The average molecular weight is 285 g/mol. The van der Waals surface area contributed by atoms with Gasteiger partial charge >= 0.3 is 0 Å². The van der Waals surface area contributed by atoms with Crippen molar-refractivity contribution in [3.05, 3.63) is 52.0 Å². The topological polar surface area (TPSA) is 29.9 Å². The Morgan fingerprint density at radius 2 is 2.10 bits per heavy atom.